The Hall–Kier alpha value is -2.60. The van der Waals surface area contributed by atoms with Crippen molar-refractivity contribution in [3.8, 4) is 5.75 Å². The van der Waals surface area contributed by atoms with Gasteiger partial charge in [0.25, 0.3) is 0 Å². The molecule has 6 heteroatoms. The third kappa shape index (κ3) is 3.91. The van der Waals surface area contributed by atoms with Crippen LogP contribution in [0.5, 0.6) is 5.75 Å². The zero-order valence-corrected chi connectivity index (χ0v) is 14.3. The molecule has 6 nitrogen and oxygen atoms in total. The van der Waals surface area contributed by atoms with Gasteiger partial charge < -0.3 is 20.5 Å². The zero-order valence-electron chi connectivity index (χ0n) is 14.3. The number of aliphatic hydroxyl groups is 1. The van der Waals surface area contributed by atoms with Crippen molar-refractivity contribution in [1.82, 2.24) is 4.98 Å². The molecule has 1 unspecified atom stereocenters. The van der Waals surface area contributed by atoms with E-state index in [9.17, 15) is 9.90 Å². The van der Waals surface area contributed by atoms with Crippen molar-refractivity contribution in [1.29, 1.82) is 0 Å². The first-order chi connectivity index (χ1) is 12.1. The maximum atomic E-state index is 11.1. The van der Waals surface area contributed by atoms with Crippen LogP contribution in [-0.4, -0.2) is 36.2 Å². The number of carbonyl (C=O) groups excluding carboxylic acids is 1. The molecule has 1 aromatic carbocycles. The van der Waals surface area contributed by atoms with Gasteiger partial charge >= 0.3 is 0 Å². The van der Waals surface area contributed by atoms with Gasteiger partial charge in [-0.15, -0.1) is 0 Å². The van der Waals surface area contributed by atoms with E-state index in [1.807, 2.05) is 30.3 Å². The van der Waals surface area contributed by atoms with Crippen molar-refractivity contribution in [2.75, 3.05) is 25.1 Å². The lowest BCUT2D eigenvalue weighted by atomic mass is 9.87. The second-order valence-corrected chi connectivity index (χ2v) is 6.31. The zero-order chi connectivity index (χ0) is 17.8. The highest BCUT2D eigenvalue weighted by atomic mass is 16.5. The van der Waals surface area contributed by atoms with Crippen LogP contribution in [0, 0.1) is 5.92 Å². The quantitative estimate of drug-likeness (QED) is 0.870. The summed E-state index contributed by atoms with van der Waals surface area (Å²) in [5.41, 5.74) is 6.57. The highest BCUT2D eigenvalue weighted by Crippen LogP contribution is 2.32. The van der Waals surface area contributed by atoms with Gasteiger partial charge in [-0.3, -0.25) is 4.79 Å². The molecule has 2 heterocycles. The number of amides is 1. The Balaban J connectivity index is 1.59. The molecule has 1 aliphatic rings. The highest BCUT2D eigenvalue weighted by molar-refractivity contribution is 5.92. The van der Waals surface area contributed by atoms with Crippen LogP contribution in [0.1, 0.15) is 34.9 Å². The Morgan fingerprint density at radius 1 is 1.24 bits per heavy atom. The minimum Gasteiger partial charge on any atom is -0.497 e. The number of aliphatic hydroxyl groups excluding tert-OH is 1. The van der Waals surface area contributed by atoms with E-state index in [1.54, 1.807) is 13.2 Å². The fraction of sp³-hybridized carbons (Fsp3) is 0.368. The minimum absolute atomic E-state index is 0.217. The first kappa shape index (κ1) is 17.2. The highest BCUT2D eigenvalue weighted by Gasteiger charge is 2.26. The Morgan fingerprint density at radius 2 is 1.92 bits per heavy atom. The van der Waals surface area contributed by atoms with Crippen LogP contribution in [0.4, 0.5) is 5.82 Å². The molecule has 1 aromatic heterocycles. The van der Waals surface area contributed by atoms with E-state index < -0.39 is 12.0 Å². The predicted octanol–water partition coefficient (Wildman–Crippen LogP) is 2.14. The number of ether oxygens (including phenoxy) is 1. The van der Waals surface area contributed by atoms with E-state index >= 15 is 0 Å². The fourth-order valence-electron chi connectivity index (χ4n) is 3.24. The van der Waals surface area contributed by atoms with Gasteiger partial charge in [-0.05, 0) is 48.6 Å². The normalized spacial score (nSPS) is 16.5. The number of primary amides is 1. The summed E-state index contributed by atoms with van der Waals surface area (Å²) in [6.07, 6.45) is 2.80. The van der Waals surface area contributed by atoms with Gasteiger partial charge in [0, 0.05) is 19.3 Å². The van der Waals surface area contributed by atoms with Crippen LogP contribution < -0.4 is 15.4 Å². The van der Waals surface area contributed by atoms with Crippen molar-refractivity contribution in [3.63, 3.8) is 0 Å². The SMILES string of the molecule is COc1ccc(C(O)C2CCN(c3ccc(C(N)=O)cn3)CC2)cc1. The van der Waals surface area contributed by atoms with E-state index in [0.717, 1.165) is 43.1 Å². The van der Waals surface area contributed by atoms with E-state index in [1.165, 1.54) is 6.20 Å². The average Bonchev–Trinajstić information content (AvgIpc) is 2.67. The molecule has 1 saturated heterocycles. The number of nitrogens with zero attached hydrogens (tertiary/aromatic N) is 2. The molecule has 3 rings (SSSR count). The molecule has 1 amide bonds. The summed E-state index contributed by atoms with van der Waals surface area (Å²) in [6.45, 7) is 1.64. The van der Waals surface area contributed by atoms with Crippen molar-refractivity contribution < 1.29 is 14.6 Å². The van der Waals surface area contributed by atoms with Crippen LogP contribution in [0.3, 0.4) is 0 Å². The summed E-state index contributed by atoms with van der Waals surface area (Å²) in [4.78, 5) is 17.6. The lowest BCUT2D eigenvalue weighted by Crippen LogP contribution is -2.36. The number of benzene rings is 1. The summed E-state index contributed by atoms with van der Waals surface area (Å²) in [7, 11) is 1.63. The number of anilines is 1. The van der Waals surface area contributed by atoms with Gasteiger partial charge in [0.05, 0.1) is 18.8 Å². The van der Waals surface area contributed by atoms with Gasteiger partial charge in [-0.25, -0.2) is 4.98 Å². The third-order valence-electron chi connectivity index (χ3n) is 4.80. The van der Waals surface area contributed by atoms with Crippen molar-refractivity contribution in [2.24, 2.45) is 11.7 Å². The number of carbonyl (C=O) groups is 1. The van der Waals surface area contributed by atoms with Crippen molar-refractivity contribution in [2.45, 2.75) is 18.9 Å². The largest absolute Gasteiger partial charge is 0.497 e. The fourth-order valence-corrected chi connectivity index (χ4v) is 3.24. The van der Waals surface area contributed by atoms with E-state index in [4.69, 9.17) is 10.5 Å². The molecular weight excluding hydrogens is 318 g/mol. The number of pyridine rings is 1. The topological polar surface area (TPSA) is 88.7 Å². The number of piperidine rings is 1. The van der Waals surface area contributed by atoms with Crippen LogP contribution in [0.25, 0.3) is 0 Å². The van der Waals surface area contributed by atoms with Gasteiger partial charge in [-0.1, -0.05) is 12.1 Å². The number of methoxy groups -OCH3 is 1. The third-order valence-corrected chi connectivity index (χ3v) is 4.80. The van der Waals surface area contributed by atoms with Crippen LogP contribution >= 0.6 is 0 Å². The molecular formula is C19H23N3O3. The molecule has 1 aliphatic heterocycles. The van der Waals surface area contributed by atoms with Crippen LogP contribution in [-0.2, 0) is 0 Å². The summed E-state index contributed by atoms with van der Waals surface area (Å²) in [5, 5.41) is 10.6. The Labute approximate surface area is 147 Å². The predicted molar refractivity (Wildman–Crippen MR) is 95.6 cm³/mol. The lowest BCUT2D eigenvalue weighted by molar-refractivity contribution is 0.0928. The van der Waals surface area contributed by atoms with Crippen molar-refractivity contribution >= 4 is 11.7 Å². The molecule has 25 heavy (non-hydrogen) atoms. The molecule has 0 bridgehead atoms. The Kier molecular flexibility index (Phi) is 5.19. The second-order valence-electron chi connectivity index (χ2n) is 6.31. The molecule has 132 valence electrons. The number of aromatic nitrogens is 1. The molecule has 1 atom stereocenters. The van der Waals surface area contributed by atoms with E-state index in [2.05, 4.69) is 9.88 Å². The second kappa shape index (κ2) is 7.53. The lowest BCUT2D eigenvalue weighted by Gasteiger charge is -2.35. The standard InChI is InChI=1S/C19H23N3O3/c1-25-16-5-2-13(3-6-16)18(23)14-8-10-22(11-9-14)17-7-4-15(12-21-17)19(20)24/h2-7,12,14,18,23H,8-11H2,1H3,(H2,20,24). The Bertz CT molecular complexity index is 708. The number of hydrogen-bond acceptors (Lipinski definition) is 5. The van der Waals surface area contributed by atoms with Gasteiger partial charge in [0.2, 0.25) is 5.91 Å². The van der Waals surface area contributed by atoms with Gasteiger partial charge in [0.1, 0.15) is 11.6 Å². The maximum Gasteiger partial charge on any atom is 0.250 e. The molecule has 0 spiro atoms. The first-order valence-electron chi connectivity index (χ1n) is 8.41. The molecule has 0 aliphatic carbocycles. The maximum absolute atomic E-state index is 11.1. The van der Waals surface area contributed by atoms with E-state index in [-0.39, 0.29) is 5.92 Å². The summed E-state index contributed by atoms with van der Waals surface area (Å²) >= 11 is 0. The van der Waals surface area contributed by atoms with Gasteiger partial charge in [0.15, 0.2) is 0 Å². The molecule has 0 radical (unpaired) electrons. The number of hydrogen-bond donors (Lipinski definition) is 2. The average molecular weight is 341 g/mol. The van der Waals surface area contributed by atoms with Gasteiger partial charge in [-0.2, -0.15) is 0 Å². The first-order valence-corrected chi connectivity index (χ1v) is 8.41. The molecule has 3 N–H and O–H groups in total. The minimum atomic E-state index is -0.474. The van der Waals surface area contributed by atoms with Crippen LogP contribution in [0.2, 0.25) is 0 Å². The summed E-state index contributed by atoms with van der Waals surface area (Å²) in [5.74, 6) is 1.37. The monoisotopic (exact) mass is 341 g/mol. The summed E-state index contributed by atoms with van der Waals surface area (Å²) in [6, 6.07) is 11.1. The Morgan fingerprint density at radius 3 is 2.44 bits per heavy atom. The molecule has 0 saturated carbocycles. The van der Waals surface area contributed by atoms with E-state index in [0.29, 0.717) is 5.56 Å². The molecule has 2 aromatic rings. The summed E-state index contributed by atoms with van der Waals surface area (Å²) < 4.78 is 5.16. The van der Waals surface area contributed by atoms with Crippen molar-refractivity contribution in [3.05, 3.63) is 53.7 Å². The number of rotatable bonds is 5. The molecule has 1 fully saturated rings. The smallest absolute Gasteiger partial charge is 0.250 e. The number of nitrogens with two attached hydrogens (primary N) is 1. The van der Waals surface area contributed by atoms with Crippen LogP contribution in [0.15, 0.2) is 42.6 Å².